The zero-order valence-corrected chi connectivity index (χ0v) is 22.8. The summed E-state index contributed by atoms with van der Waals surface area (Å²) in [5.41, 5.74) is 0.280. The van der Waals surface area contributed by atoms with E-state index in [-0.39, 0.29) is 36.9 Å². The van der Waals surface area contributed by atoms with E-state index in [2.05, 4.69) is 16.3 Å². The number of aliphatic hydroxyl groups is 1. The molecule has 2 aliphatic carbocycles. The number of nitrogens with zero attached hydrogens (tertiary/aromatic N) is 1. The van der Waals surface area contributed by atoms with Gasteiger partial charge in [-0.25, -0.2) is 4.79 Å². The van der Waals surface area contributed by atoms with Crippen LogP contribution in [0.25, 0.3) is 0 Å². The lowest BCUT2D eigenvalue weighted by atomic mass is 9.50. The molecule has 6 atom stereocenters. The highest BCUT2D eigenvalue weighted by molar-refractivity contribution is 5.85. The maximum atomic E-state index is 13.0. The third-order valence-electron chi connectivity index (χ3n) is 8.75. The van der Waals surface area contributed by atoms with Crippen LogP contribution in [0.15, 0.2) is 24.0 Å². The van der Waals surface area contributed by atoms with Gasteiger partial charge in [0.05, 0.1) is 18.1 Å². The minimum Gasteiger partial charge on any atom is -0.493 e. The number of nitrogens with one attached hydrogen (secondary N) is 1. The zero-order chi connectivity index (χ0) is 24.5. The van der Waals surface area contributed by atoms with Gasteiger partial charge in [-0.15, -0.1) is 24.8 Å². The van der Waals surface area contributed by atoms with E-state index < -0.39 is 35.2 Å². The Balaban J connectivity index is 0.00000160. The Kier molecular flexibility index (Phi) is 7.51. The fourth-order valence-corrected chi connectivity index (χ4v) is 6.98. The number of esters is 2. The normalized spacial score (nSPS) is 33.5. The molecule has 0 aromatic heterocycles. The molecule has 6 rings (SSSR count). The molecule has 0 amide bonds. The highest BCUT2D eigenvalue weighted by Gasteiger charge is 2.72. The topological polar surface area (TPSA) is 107 Å². The molecule has 2 fully saturated rings. The predicted molar refractivity (Wildman–Crippen MR) is 139 cm³/mol. The lowest BCUT2D eigenvalue weighted by Gasteiger charge is -2.61. The Bertz CT molecular complexity index is 1120. The van der Waals surface area contributed by atoms with E-state index in [1.165, 1.54) is 6.92 Å². The highest BCUT2D eigenvalue weighted by atomic mass is 35.5. The van der Waals surface area contributed by atoms with Gasteiger partial charge in [-0.2, -0.15) is 0 Å². The van der Waals surface area contributed by atoms with Crippen molar-refractivity contribution in [3.05, 3.63) is 35.1 Å². The molecular formula is C26H34Cl2N2O7. The van der Waals surface area contributed by atoms with Crippen LogP contribution in [-0.4, -0.2) is 79.1 Å². The molecule has 2 bridgehead atoms. The number of benzene rings is 1. The quantitative estimate of drug-likeness (QED) is 0.527. The van der Waals surface area contributed by atoms with Crippen molar-refractivity contribution < 1.29 is 33.6 Å². The van der Waals surface area contributed by atoms with Crippen molar-refractivity contribution in [2.45, 2.75) is 74.3 Å². The molecule has 1 aromatic carbocycles. The van der Waals surface area contributed by atoms with E-state index in [1.807, 2.05) is 13.1 Å². The molecule has 11 heteroatoms. The molecular weight excluding hydrogens is 523 g/mol. The number of piperidine rings is 1. The SMILES string of the molecule is COc1ccc2c3c1O[C@H]1C(OC(=O)[C@H](C)OC(=O)[C@@H]4CCCN4)=CC[C@@]4(O)[C@@H](C2)N(C)CC[C@]314.Cl.Cl. The molecule has 1 spiro atoms. The minimum absolute atomic E-state index is 0. The largest absolute Gasteiger partial charge is 0.493 e. The van der Waals surface area contributed by atoms with Crippen molar-refractivity contribution >= 4 is 36.8 Å². The molecule has 9 nitrogen and oxygen atoms in total. The molecule has 0 unspecified atom stereocenters. The van der Waals surface area contributed by atoms with Crippen molar-refractivity contribution in [1.29, 1.82) is 0 Å². The van der Waals surface area contributed by atoms with Crippen molar-refractivity contribution in [3.63, 3.8) is 0 Å². The first kappa shape index (κ1) is 28.0. The first-order valence-corrected chi connectivity index (χ1v) is 12.5. The van der Waals surface area contributed by atoms with Crippen LogP contribution in [0.5, 0.6) is 11.5 Å². The Hall–Kier alpha value is -2.04. The van der Waals surface area contributed by atoms with E-state index in [4.69, 9.17) is 18.9 Å². The molecule has 3 aliphatic heterocycles. The van der Waals surface area contributed by atoms with Gasteiger partial charge in [-0.3, -0.25) is 4.79 Å². The van der Waals surface area contributed by atoms with Crippen LogP contribution in [0.4, 0.5) is 0 Å². The lowest BCUT2D eigenvalue weighted by molar-refractivity contribution is -0.176. The molecule has 2 saturated heterocycles. The predicted octanol–water partition coefficient (Wildman–Crippen LogP) is 2.04. The second kappa shape index (κ2) is 9.93. The molecule has 37 heavy (non-hydrogen) atoms. The van der Waals surface area contributed by atoms with Gasteiger partial charge in [0.1, 0.15) is 11.8 Å². The Morgan fingerprint density at radius 1 is 1.30 bits per heavy atom. The molecule has 3 heterocycles. The van der Waals surface area contributed by atoms with Crippen LogP contribution in [0.1, 0.15) is 43.7 Å². The maximum absolute atomic E-state index is 13.0. The second-order valence-electron chi connectivity index (χ2n) is 10.4. The average molecular weight is 557 g/mol. The fraction of sp³-hybridized carbons (Fsp3) is 0.615. The van der Waals surface area contributed by atoms with Crippen LogP contribution < -0.4 is 14.8 Å². The number of methoxy groups -OCH3 is 1. The number of hydrogen-bond donors (Lipinski definition) is 2. The molecule has 204 valence electrons. The van der Waals surface area contributed by atoms with Crippen molar-refractivity contribution in [2.75, 3.05) is 27.2 Å². The van der Waals surface area contributed by atoms with E-state index in [9.17, 15) is 14.7 Å². The Labute approximate surface area is 228 Å². The van der Waals surface area contributed by atoms with Crippen molar-refractivity contribution in [2.24, 2.45) is 0 Å². The van der Waals surface area contributed by atoms with E-state index in [0.29, 0.717) is 42.9 Å². The number of halogens is 2. The monoisotopic (exact) mass is 556 g/mol. The molecule has 5 aliphatic rings. The van der Waals surface area contributed by atoms with Gasteiger partial charge in [-0.1, -0.05) is 6.07 Å². The summed E-state index contributed by atoms with van der Waals surface area (Å²) in [6.45, 7) is 3.06. The van der Waals surface area contributed by atoms with Gasteiger partial charge in [-0.05, 0) is 70.5 Å². The number of hydrogen-bond acceptors (Lipinski definition) is 9. The van der Waals surface area contributed by atoms with Gasteiger partial charge in [0.15, 0.2) is 23.7 Å². The standard InChI is InChI=1S/C26H32N2O7.2ClH/c1-14(33-24(30)16-5-4-11-27-16)23(29)34-18-8-9-26(31)19-13-15-6-7-17(32-3)21-20(15)25(26,22(18)35-21)10-12-28(19)2;;/h6-8,14,16,19,22,27,31H,4-5,9-13H2,1-3H3;2*1H/t14-,16-,19+,22-,25-,26+;;/m0../s1. The van der Waals surface area contributed by atoms with Crippen LogP contribution in [0.2, 0.25) is 0 Å². The third-order valence-corrected chi connectivity index (χ3v) is 8.75. The van der Waals surface area contributed by atoms with Crippen LogP contribution in [0, 0.1) is 0 Å². The van der Waals surface area contributed by atoms with Gasteiger partial charge in [0.25, 0.3) is 0 Å². The summed E-state index contributed by atoms with van der Waals surface area (Å²) in [7, 11) is 3.64. The number of likely N-dealkylation sites (N-methyl/N-ethyl adjacent to an activating group) is 1. The van der Waals surface area contributed by atoms with Crippen LogP contribution in [-0.2, 0) is 30.9 Å². The van der Waals surface area contributed by atoms with E-state index in [1.54, 1.807) is 13.2 Å². The number of carbonyl (C=O) groups is 2. The maximum Gasteiger partial charge on any atom is 0.352 e. The number of carbonyl (C=O) groups excluding carboxylic acids is 2. The number of ether oxygens (including phenoxy) is 4. The lowest BCUT2D eigenvalue weighted by Crippen LogP contribution is -2.74. The van der Waals surface area contributed by atoms with Gasteiger partial charge >= 0.3 is 11.9 Å². The third kappa shape index (κ3) is 3.85. The van der Waals surface area contributed by atoms with Crippen molar-refractivity contribution in [1.82, 2.24) is 10.2 Å². The molecule has 1 aromatic rings. The minimum atomic E-state index is -1.07. The summed E-state index contributed by atoms with van der Waals surface area (Å²) < 4.78 is 23.3. The summed E-state index contributed by atoms with van der Waals surface area (Å²) in [4.78, 5) is 27.6. The first-order chi connectivity index (χ1) is 16.8. The van der Waals surface area contributed by atoms with Gasteiger partial charge in [0, 0.05) is 18.0 Å². The summed E-state index contributed by atoms with van der Waals surface area (Å²) in [5, 5.41) is 15.3. The average Bonchev–Trinajstić information content (AvgIpc) is 3.49. The smallest absolute Gasteiger partial charge is 0.352 e. The molecule has 0 radical (unpaired) electrons. The van der Waals surface area contributed by atoms with E-state index in [0.717, 1.165) is 30.6 Å². The van der Waals surface area contributed by atoms with Crippen molar-refractivity contribution in [3.8, 4) is 11.5 Å². The second-order valence-corrected chi connectivity index (χ2v) is 10.4. The number of rotatable bonds is 5. The summed E-state index contributed by atoms with van der Waals surface area (Å²) in [5.74, 6) is 0.477. The Morgan fingerprint density at radius 2 is 2.08 bits per heavy atom. The Morgan fingerprint density at radius 3 is 2.78 bits per heavy atom. The summed E-state index contributed by atoms with van der Waals surface area (Å²) in [6.07, 6.45) is 3.33. The van der Waals surface area contributed by atoms with Crippen LogP contribution in [0.3, 0.4) is 0 Å². The fourth-order valence-electron chi connectivity index (χ4n) is 6.98. The number of likely N-dealkylation sites (tertiary alicyclic amines) is 1. The van der Waals surface area contributed by atoms with E-state index >= 15 is 0 Å². The zero-order valence-electron chi connectivity index (χ0n) is 21.2. The first-order valence-electron chi connectivity index (χ1n) is 12.5. The molecule has 2 N–H and O–H groups in total. The highest BCUT2D eigenvalue weighted by Crippen LogP contribution is 2.65. The summed E-state index contributed by atoms with van der Waals surface area (Å²) in [6, 6.07) is 3.49. The molecule has 0 saturated carbocycles. The van der Waals surface area contributed by atoms with Crippen LogP contribution >= 0.6 is 24.8 Å². The summed E-state index contributed by atoms with van der Waals surface area (Å²) >= 11 is 0. The van der Waals surface area contributed by atoms with Gasteiger partial charge in [0.2, 0.25) is 0 Å². The van der Waals surface area contributed by atoms with Gasteiger partial charge < -0.3 is 34.3 Å².